The molecule has 0 aliphatic heterocycles. The summed E-state index contributed by atoms with van der Waals surface area (Å²) in [7, 11) is 0. The van der Waals surface area contributed by atoms with Gasteiger partial charge in [0.05, 0.1) is 0 Å². The number of hydrogen-bond donors (Lipinski definition) is 2. The zero-order valence-electron chi connectivity index (χ0n) is 10.8. The summed E-state index contributed by atoms with van der Waals surface area (Å²) in [5, 5.41) is 2.55. The molecule has 3 N–H and O–H groups in total. The van der Waals surface area contributed by atoms with Gasteiger partial charge >= 0.3 is 6.18 Å². The lowest BCUT2D eigenvalue weighted by molar-refractivity contribution is -0.175. The van der Waals surface area contributed by atoms with E-state index < -0.39 is 25.3 Å². The zero-order valence-corrected chi connectivity index (χ0v) is 10.8. The summed E-state index contributed by atoms with van der Waals surface area (Å²) in [5.74, 6) is -0.557. The van der Waals surface area contributed by atoms with Gasteiger partial charge in [0.15, 0.2) is 0 Å². The molecule has 0 saturated heterocycles. The van der Waals surface area contributed by atoms with Gasteiger partial charge in [-0.3, -0.25) is 4.79 Å². The molecule has 108 valence electrons. The van der Waals surface area contributed by atoms with Gasteiger partial charge in [0.1, 0.15) is 13.2 Å². The maximum Gasteiger partial charge on any atom is 0.411 e. The van der Waals surface area contributed by atoms with Gasteiger partial charge in [-0.1, -0.05) is 13.8 Å². The van der Waals surface area contributed by atoms with Crippen molar-refractivity contribution in [1.29, 1.82) is 0 Å². The van der Waals surface area contributed by atoms with Crippen molar-refractivity contribution in [3.63, 3.8) is 0 Å². The fraction of sp³-hybridized carbons (Fsp3) is 0.909. The molecule has 0 bridgehead atoms. The van der Waals surface area contributed by atoms with Crippen LogP contribution in [0.4, 0.5) is 13.2 Å². The number of nitrogens with one attached hydrogen (secondary N) is 1. The summed E-state index contributed by atoms with van der Waals surface area (Å²) in [6.45, 7) is 2.69. The van der Waals surface area contributed by atoms with Crippen LogP contribution in [0.15, 0.2) is 0 Å². The number of carbonyl (C=O) groups excluding carboxylic acids is 1. The SMILES string of the molecule is CCC(CC)(CN)CNC(=O)COCC(F)(F)F. The molecule has 0 fully saturated rings. The molecule has 0 heterocycles. The first-order valence-corrected chi connectivity index (χ1v) is 5.90. The van der Waals surface area contributed by atoms with Crippen LogP contribution in [0, 0.1) is 5.41 Å². The minimum absolute atomic E-state index is 0.195. The first-order chi connectivity index (χ1) is 8.28. The van der Waals surface area contributed by atoms with E-state index in [-0.39, 0.29) is 5.41 Å². The molecule has 0 aromatic rings. The van der Waals surface area contributed by atoms with Crippen molar-refractivity contribution < 1.29 is 22.7 Å². The lowest BCUT2D eigenvalue weighted by Gasteiger charge is -2.30. The Morgan fingerprint density at radius 1 is 1.28 bits per heavy atom. The molecule has 0 aliphatic rings. The van der Waals surface area contributed by atoms with Crippen LogP contribution < -0.4 is 11.1 Å². The molecule has 0 unspecified atom stereocenters. The Kier molecular flexibility index (Phi) is 7.23. The first-order valence-electron chi connectivity index (χ1n) is 5.90. The molecule has 4 nitrogen and oxygen atoms in total. The van der Waals surface area contributed by atoms with E-state index in [0.29, 0.717) is 13.1 Å². The highest BCUT2D eigenvalue weighted by Gasteiger charge is 2.28. The molecule has 0 rings (SSSR count). The average molecular weight is 270 g/mol. The third-order valence-corrected chi connectivity index (χ3v) is 3.09. The van der Waals surface area contributed by atoms with Gasteiger partial charge in [-0.25, -0.2) is 0 Å². The molecule has 7 heteroatoms. The van der Waals surface area contributed by atoms with Gasteiger partial charge in [-0.05, 0) is 24.8 Å². The number of carbonyl (C=O) groups is 1. The van der Waals surface area contributed by atoms with Crippen LogP contribution in [0.1, 0.15) is 26.7 Å². The number of rotatable bonds is 8. The van der Waals surface area contributed by atoms with Crippen molar-refractivity contribution in [3.8, 4) is 0 Å². The minimum atomic E-state index is -4.41. The van der Waals surface area contributed by atoms with Gasteiger partial charge in [0.2, 0.25) is 5.91 Å². The Hall–Kier alpha value is -0.820. The monoisotopic (exact) mass is 270 g/mol. The van der Waals surface area contributed by atoms with E-state index >= 15 is 0 Å². The Bertz CT molecular complexity index is 245. The van der Waals surface area contributed by atoms with Crippen molar-refractivity contribution >= 4 is 5.91 Å². The molecular formula is C11H21F3N2O2. The maximum atomic E-state index is 11.8. The Morgan fingerprint density at radius 3 is 2.22 bits per heavy atom. The van der Waals surface area contributed by atoms with E-state index in [9.17, 15) is 18.0 Å². The van der Waals surface area contributed by atoms with Gasteiger partial charge in [0.25, 0.3) is 0 Å². The highest BCUT2D eigenvalue weighted by Crippen LogP contribution is 2.23. The Labute approximate surface area is 105 Å². The molecule has 0 aromatic carbocycles. The van der Waals surface area contributed by atoms with Crippen LogP contribution in [0.2, 0.25) is 0 Å². The second kappa shape index (κ2) is 7.58. The average Bonchev–Trinajstić information content (AvgIpc) is 2.30. The van der Waals surface area contributed by atoms with Gasteiger partial charge in [-0.2, -0.15) is 13.2 Å². The quantitative estimate of drug-likeness (QED) is 0.701. The van der Waals surface area contributed by atoms with Crippen LogP contribution in [0.3, 0.4) is 0 Å². The van der Waals surface area contributed by atoms with Crippen molar-refractivity contribution in [2.45, 2.75) is 32.9 Å². The summed E-state index contributed by atoms with van der Waals surface area (Å²) in [4.78, 5) is 11.3. The van der Waals surface area contributed by atoms with E-state index in [1.165, 1.54) is 0 Å². The molecule has 0 saturated carbocycles. The fourth-order valence-corrected chi connectivity index (χ4v) is 1.46. The van der Waals surface area contributed by atoms with Crippen LogP contribution in [-0.2, 0) is 9.53 Å². The van der Waals surface area contributed by atoms with Gasteiger partial charge in [0, 0.05) is 6.54 Å². The van der Waals surface area contributed by atoms with E-state index in [0.717, 1.165) is 12.8 Å². The Balaban J connectivity index is 3.96. The van der Waals surface area contributed by atoms with E-state index in [2.05, 4.69) is 10.1 Å². The van der Waals surface area contributed by atoms with Crippen molar-refractivity contribution in [3.05, 3.63) is 0 Å². The van der Waals surface area contributed by atoms with Crippen LogP contribution in [0.25, 0.3) is 0 Å². The lowest BCUT2D eigenvalue weighted by atomic mass is 9.82. The predicted octanol–water partition coefficient (Wildman–Crippen LogP) is 1.45. The highest BCUT2D eigenvalue weighted by molar-refractivity contribution is 5.77. The lowest BCUT2D eigenvalue weighted by Crippen LogP contribution is -2.43. The molecule has 0 aliphatic carbocycles. The summed E-state index contributed by atoms with van der Waals surface area (Å²) in [6.07, 6.45) is -2.82. The second-order valence-electron chi connectivity index (χ2n) is 4.30. The molecule has 0 atom stereocenters. The molecule has 1 amide bonds. The normalized spacial score (nSPS) is 12.6. The number of amides is 1. The highest BCUT2D eigenvalue weighted by atomic mass is 19.4. The van der Waals surface area contributed by atoms with Crippen LogP contribution in [0.5, 0.6) is 0 Å². The standard InChI is InChI=1S/C11H21F3N2O2/c1-3-10(4-2,6-15)7-16-9(17)5-18-8-11(12,13)14/h3-8,15H2,1-2H3,(H,16,17). The van der Waals surface area contributed by atoms with Crippen LogP contribution >= 0.6 is 0 Å². The largest absolute Gasteiger partial charge is 0.411 e. The molecule has 18 heavy (non-hydrogen) atoms. The van der Waals surface area contributed by atoms with E-state index in [1.54, 1.807) is 0 Å². The Morgan fingerprint density at radius 2 is 1.83 bits per heavy atom. The topological polar surface area (TPSA) is 64.3 Å². The van der Waals surface area contributed by atoms with Gasteiger partial charge < -0.3 is 15.8 Å². The zero-order chi connectivity index (χ0) is 14.2. The number of ether oxygens (including phenoxy) is 1. The number of nitrogens with two attached hydrogens (primary N) is 1. The van der Waals surface area contributed by atoms with E-state index in [4.69, 9.17) is 5.73 Å². The van der Waals surface area contributed by atoms with Gasteiger partial charge in [-0.15, -0.1) is 0 Å². The van der Waals surface area contributed by atoms with Crippen molar-refractivity contribution in [2.24, 2.45) is 11.1 Å². The van der Waals surface area contributed by atoms with Crippen molar-refractivity contribution in [2.75, 3.05) is 26.3 Å². The molecule has 0 aromatic heterocycles. The number of halogens is 3. The van der Waals surface area contributed by atoms with Crippen molar-refractivity contribution in [1.82, 2.24) is 5.32 Å². The summed E-state index contributed by atoms with van der Waals surface area (Å²) >= 11 is 0. The minimum Gasteiger partial charge on any atom is -0.362 e. The molecule has 0 radical (unpaired) electrons. The first kappa shape index (κ1) is 17.2. The predicted molar refractivity (Wildman–Crippen MR) is 62.0 cm³/mol. The molecule has 0 spiro atoms. The third-order valence-electron chi connectivity index (χ3n) is 3.09. The smallest absolute Gasteiger partial charge is 0.362 e. The summed E-state index contributed by atoms with van der Waals surface area (Å²) in [6, 6.07) is 0. The molecular weight excluding hydrogens is 249 g/mol. The number of alkyl halides is 3. The summed E-state index contributed by atoms with van der Waals surface area (Å²) in [5.41, 5.74) is 5.45. The third kappa shape index (κ3) is 6.80. The number of hydrogen-bond acceptors (Lipinski definition) is 3. The van der Waals surface area contributed by atoms with E-state index in [1.807, 2.05) is 13.8 Å². The maximum absolute atomic E-state index is 11.8. The summed E-state index contributed by atoms with van der Waals surface area (Å²) < 4.78 is 39.6. The second-order valence-corrected chi connectivity index (χ2v) is 4.30. The fourth-order valence-electron chi connectivity index (χ4n) is 1.46. The van der Waals surface area contributed by atoms with Crippen LogP contribution in [-0.4, -0.2) is 38.4 Å².